The van der Waals surface area contributed by atoms with Gasteiger partial charge >= 0.3 is 0 Å². The second kappa shape index (κ2) is 5.94. The molecule has 25 heavy (non-hydrogen) atoms. The second-order valence-corrected chi connectivity index (χ2v) is 8.37. The zero-order valence-electron chi connectivity index (χ0n) is 14.0. The number of benzene rings is 1. The number of nitrogens with zero attached hydrogens (tertiary/aromatic N) is 4. The average molecular weight is 371 g/mol. The van der Waals surface area contributed by atoms with E-state index in [2.05, 4.69) is 39.9 Å². The number of aryl methyl sites for hydroxylation is 1. The molecule has 2 aromatic heterocycles. The van der Waals surface area contributed by atoms with Gasteiger partial charge in [0.25, 0.3) is 0 Å². The highest BCUT2D eigenvalue weighted by molar-refractivity contribution is 7.22. The Morgan fingerprint density at radius 1 is 1.20 bits per heavy atom. The Hall–Kier alpha value is -1.69. The van der Waals surface area contributed by atoms with Gasteiger partial charge in [0.2, 0.25) is 0 Å². The first-order chi connectivity index (χ1) is 12.2. The van der Waals surface area contributed by atoms with Crippen molar-refractivity contribution in [1.29, 1.82) is 0 Å². The van der Waals surface area contributed by atoms with E-state index in [4.69, 9.17) is 16.6 Å². The Labute approximate surface area is 156 Å². The molecule has 2 bridgehead atoms. The van der Waals surface area contributed by atoms with Crippen molar-refractivity contribution >= 4 is 38.3 Å². The molecule has 0 saturated carbocycles. The minimum absolute atomic E-state index is 0.549. The fourth-order valence-electron chi connectivity index (χ4n) is 4.09. The number of rotatable bonds is 3. The summed E-state index contributed by atoms with van der Waals surface area (Å²) in [6.45, 7) is 5.19. The number of piperazine rings is 1. The van der Waals surface area contributed by atoms with Crippen LogP contribution in [0.5, 0.6) is 0 Å². The highest BCUT2D eigenvalue weighted by atomic mass is 35.5. The molecule has 128 valence electrons. The van der Waals surface area contributed by atoms with Crippen LogP contribution in [0, 0.1) is 6.92 Å². The Kier molecular flexibility index (Phi) is 3.69. The molecular formula is C19H19ClN4S. The predicted molar refractivity (Wildman–Crippen MR) is 104 cm³/mol. The molecule has 2 aliphatic heterocycles. The maximum Gasteiger partial charge on any atom is 0.186 e. The van der Waals surface area contributed by atoms with Gasteiger partial charge in [0.1, 0.15) is 0 Å². The van der Waals surface area contributed by atoms with Crippen LogP contribution < -0.4 is 4.90 Å². The van der Waals surface area contributed by atoms with Crippen LogP contribution in [0.25, 0.3) is 10.2 Å². The van der Waals surface area contributed by atoms with Crippen molar-refractivity contribution in [3.05, 3.63) is 52.8 Å². The van der Waals surface area contributed by atoms with Gasteiger partial charge in [0.05, 0.1) is 20.9 Å². The van der Waals surface area contributed by atoms with Crippen LogP contribution in [-0.2, 0) is 6.54 Å². The van der Waals surface area contributed by atoms with Crippen molar-refractivity contribution in [2.24, 2.45) is 0 Å². The maximum absolute atomic E-state index is 6.38. The Morgan fingerprint density at radius 2 is 2.12 bits per heavy atom. The van der Waals surface area contributed by atoms with Crippen molar-refractivity contribution < 1.29 is 0 Å². The van der Waals surface area contributed by atoms with E-state index in [1.54, 1.807) is 11.3 Å². The van der Waals surface area contributed by atoms with Gasteiger partial charge in [0, 0.05) is 37.9 Å². The van der Waals surface area contributed by atoms with Gasteiger partial charge in [-0.05, 0) is 37.1 Å². The summed E-state index contributed by atoms with van der Waals surface area (Å²) < 4.78 is 1.12. The van der Waals surface area contributed by atoms with Crippen molar-refractivity contribution in [3.8, 4) is 0 Å². The minimum Gasteiger partial charge on any atom is -0.342 e. The molecule has 2 aliphatic rings. The molecule has 3 aromatic rings. The van der Waals surface area contributed by atoms with E-state index in [0.717, 1.165) is 45.7 Å². The van der Waals surface area contributed by atoms with Crippen LogP contribution in [0.4, 0.5) is 5.13 Å². The van der Waals surface area contributed by atoms with Crippen LogP contribution >= 0.6 is 22.9 Å². The number of fused-ring (bicyclic) bond motifs is 3. The van der Waals surface area contributed by atoms with E-state index < -0.39 is 0 Å². The van der Waals surface area contributed by atoms with Crippen LogP contribution in [-0.4, -0.2) is 40.0 Å². The highest BCUT2D eigenvalue weighted by Crippen LogP contribution is 2.41. The first kappa shape index (κ1) is 15.6. The second-order valence-electron chi connectivity index (χ2n) is 6.98. The van der Waals surface area contributed by atoms with Gasteiger partial charge in [-0.1, -0.05) is 35.1 Å². The molecule has 4 heterocycles. The average Bonchev–Trinajstić information content (AvgIpc) is 3.32. The summed E-state index contributed by atoms with van der Waals surface area (Å²) in [5, 5.41) is 1.93. The highest BCUT2D eigenvalue weighted by Gasteiger charge is 2.44. The van der Waals surface area contributed by atoms with Crippen molar-refractivity contribution in [1.82, 2.24) is 14.9 Å². The lowest BCUT2D eigenvalue weighted by Crippen LogP contribution is -2.46. The zero-order chi connectivity index (χ0) is 17.0. The molecule has 1 aromatic carbocycles. The van der Waals surface area contributed by atoms with Crippen LogP contribution in [0.3, 0.4) is 0 Å². The van der Waals surface area contributed by atoms with E-state index in [9.17, 15) is 0 Å². The summed E-state index contributed by atoms with van der Waals surface area (Å²) in [7, 11) is 0. The number of hydrogen-bond acceptors (Lipinski definition) is 5. The number of halogens is 1. The molecule has 0 amide bonds. The Balaban J connectivity index is 1.37. The summed E-state index contributed by atoms with van der Waals surface area (Å²) in [5.41, 5.74) is 3.41. The van der Waals surface area contributed by atoms with E-state index in [0.29, 0.717) is 12.1 Å². The lowest BCUT2D eigenvalue weighted by atomic mass is 10.2. The SMILES string of the molecule is Cc1ccc(Cl)c2sc(N3CC4CC3CN4Cc3ccccn3)nc12. The summed E-state index contributed by atoms with van der Waals surface area (Å²) in [4.78, 5) is 14.4. The van der Waals surface area contributed by atoms with E-state index in [-0.39, 0.29) is 0 Å². The van der Waals surface area contributed by atoms with E-state index in [1.807, 2.05) is 18.3 Å². The molecule has 2 atom stereocenters. The number of hydrogen-bond donors (Lipinski definition) is 0. The first-order valence-corrected chi connectivity index (χ1v) is 9.85. The number of likely N-dealkylation sites (tertiary alicyclic amines) is 1. The molecular weight excluding hydrogens is 352 g/mol. The fraction of sp³-hybridized carbons (Fsp3) is 0.368. The number of aromatic nitrogens is 2. The van der Waals surface area contributed by atoms with Crippen LogP contribution in [0.2, 0.25) is 5.02 Å². The van der Waals surface area contributed by atoms with Gasteiger partial charge in [-0.15, -0.1) is 0 Å². The predicted octanol–water partition coefficient (Wildman–Crippen LogP) is 4.12. The molecule has 0 N–H and O–H groups in total. The monoisotopic (exact) mass is 370 g/mol. The van der Waals surface area contributed by atoms with Gasteiger partial charge < -0.3 is 4.90 Å². The standard InChI is InChI=1S/C19H19ClN4S/c1-12-5-6-16(20)18-17(12)22-19(25-18)24-11-14-8-15(24)10-23(14)9-13-4-2-3-7-21-13/h2-7,14-15H,8-11H2,1H3. The zero-order valence-corrected chi connectivity index (χ0v) is 15.6. The molecule has 0 spiro atoms. The summed E-state index contributed by atoms with van der Waals surface area (Å²) in [6.07, 6.45) is 3.10. The van der Waals surface area contributed by atoms with Gasteiger partial charge in [0.15, 0.2) is 5.13 Å². The lowest BCUT2D eigenvalue weighted by Gasteiger charge is -2.33. The summed E-state index contributed by atoms with van der Waals surface area (Å²) in [5.74, 6) is 0. The van der Waals surface area contributed by atoms with E-state index in [1.165, 1.54) is 12.0 Å². The van der Waals surface area contributed by atoms with Crippen LogP contribution in [0.15, 0.2) is 36.5 Å². The smallest absolute Gasteiger partial charge is 0.186 e. The van der Waals surface area contributed by atoms with E-state index >= 15 is 0 Å². The molecule has 5 rings (SSSR count). The lowest BCUT2D eigenvalue weighted by molar-refractivity contribution is 0.228. The third-order valence-electron chi connectivity index (χ3n) is 5.38. The number of anilines is 1. The minimum atomic E-state index is 0.549. The summed E-state index contributed by atoms with van der Waals surface area (Å²) in [6, 6.07) is 11.3. The maximum atomic E-state index is 6.38. The largest absolute Gasteiger partial charge is 0.342 e. The van der Waals surface area contributed by atoms with Gasteiger partial charge in [-0.25, -0.2) is 4.98 Å². The molecule has 0 radical (unpaired) electrons. The Bertz CT molecular complexity index is 887. The normalized spacial score (nSPS) is 23.0. The quantitative estimate of drug-likeness (QED) is 0.694. The number of thiazole rings is 1. The van der Waals surface area contributed by atoms with Gasteiger partial charge in [-0.2, -0.15) is 0 Å². The van der Waals surface area contributed by atoms with Crippen molar-refractivity contribution in [2.45, 2.75) is 32.0 Å². The summed E-state index contributed by atoms with van der Waals surface area (Å²) >= 11 is 8.11. The topological polar surface area (TPSA) is 32.3 Å². The molecule has 2 saturated heterocycles. The molecule has 6 heteroatoms. The van der Waals surface area contributed by atoms with Crippen LogP contribution in [0.1, 0.15) is 17.7 Å². The first-order valence-electron chi connectivity index (χ1n) is 8.65. The fourth-order valence-corrected chi connectivity index (χ4v) is 5.49. The number of pyridine rings is 1. The molecule has 4 nitrogen and oxygen atoms in total. The van der Waals surface area contributed by atoms with Crippen molar-refractivity contribution in [2.75, 3.05) is 18.0 Å². The van der Waals surface area contributed by atoms with Crippen molar-refractivity contribution in [3.63, 3.8) is 0 Å². The molecule has 2 unspecified atom stereocenters. The Morgan fingerprint density at radius 3 is 2.84 bits per heavy atom. The third-order valence-corrected chi connectivity index (χ3v) is 6.93. The molecule has 0 aliphatic carbocycles. The van der Waals surface area contributed by atoms with Gasteiger partial charge in [-0.3, -0.25) is 9.88 Å². The molecule has 2 fully saturated rings. The third kappa shape index (κ3) is 2.62.